The lowest BCUT2D eigenvalue weighted by atomic mass is 10.3. The molecular formula is C14H14FN5O. The van der Waals surface area contributed by atoms with Gasteiger partial charge < -0.3 is 21.9 Å². The molecule has 6 N–H and O–H groups in total. The van der Waals surface area contributed by atoms with Crippen LogP contribution in [0, 0.1) is 5.82 Å². The highest BCUT2D eigenvalue weighted by atomic mass is 19.1. The summed E-state index contributed by atoms with van der Waals surface area (Å²) in [6.45, 7) is 0. The third-order valence-electron chi connectivity index (χ3n) is 2.39. The molecule has 0 saturated heterocycles. The highest BCUT2D eigenvalue weighted by Gasteiger charge is 2.04. The predicted octanol–water partition coefficient (Wildman–Crippen LogP) is 1.84. The Morgan fingerprint density at radius 2 is 1.62 bits per heavy atom. The second-order valence-corrected chi connectivity index (χ2v) is 4.03. The molecule has 2 rings (SSSR count). The van der Waals surface area contributed by atoms with Crippen LogP contribution in [0.15, 0.2) is 58.5 Å². The van der Waals surface area contributed by atoms with Gasteiger partial charge in [-0.25, -0.2) is 9.38 Å². The molecule has 21 heavy (non-hydrogen) atoms. The Bertz CT molecular complexity index is 678. The minimum atomic E-state index is -0.342. The first-order valence-electron chi connectivity index (χ1n) is 6.01. The zero-order chi connectivity index (χ0) is 15.2. The number of hydrogen-bond acceptors (Lipinski definition) is 2. The lowest BCUT2D eigenvalue weighted by Crippen LogP contribution is -2.26. The van der Waals surface area contributed by atoms with Crippen LogP contribution in [0.4, 0.5) is 10.1 Å². The van der Waals surface area contributed by atoms with Gasteiger partial charge in [-0.1, -0.05) is 12.1 Å². The number of nitrogens with two attached hydrogens (primary N) is 3. The molecule has 108 valence electrons. The van der Waals surface area contributed by atoms with Gasteiger partial charge in [0.1, 0.15) is 17.3 Å². The van der Waals surface area contributed by atoms with E-state index < -0.39 is 0 Å². The highest BCUT2D eigenvalue weighted by Crippen LogP contribution is 2.31. The van der Waals surface area contributed by atoms with E-state index in [1.165, 1.54) is 24.3 Å². The first kappa shape index (κ1) is 14.3. The first-order chi connectivity index (χ1) is 10.0. The van der Waals surface area contributed by atoms with Crippen molar-refractivity contribution in [1.82, 2.24) is 0 Å². The lowest BCUT2D eigenvalue weighted by Gasteiger charge is -2.08. The molecule has 0 atom stereocenters. The SMILES string of the molecule is NC(N)=NC(N)=Nc1ccccc1Oc1ccc(F)cc1. The summed E-state index contributed by atoms with van der Waals surface area (Å²) >= 11 is 0. The monoisotopic (exact) mass is 287 g/mol. The molecular weight excluding hydrogens is 273 g/mol. The van der Waals surface area contributed by atoms with Crippen LogP contribution >= 0.6 is 0 Å². The third kappa shape index (κ3) is 4.20. The van der Waals surface area contributed by atoms with Crippen molar-refractivity contribution >= 4 is 17.6 Å². The fourth-order valence-corrected chi connectivity index (χ4v) is 1.55. The van der Waals surface area contributed by atoms with Crippen molar-refractivity contribution in [3.63, 3.8) is 0 Å². The lowest BCUT2D eigenvalue weighted by molar-refractivity contribution is 0.482. The summed E-state index contributed by atoms with van der Waals surface area (Å²) < 4.78 is 18.5. The molecule has 0 spiro atoms. The summed E-state index contributed by atoms with van der Waals surface area (Å²) in [4.78, 5) is 7.69. The van der Waals surface area contributed by atoms with E-state index in [0.29, 0.717) is 17.2 Å². The van der Waals surface area contributed by atoms with Gasteiger partial charge in [0, 0.05) is 0 Å². The Hall–Kier alpha value is -3.09. The van der Waals surface area contributed by atoms with Crippen molar-refractivity contribution in [2.75, 3.05) is 0 Å². The van der Waals surface area contributed by atoms with Gasteiger partial charge in [0.25, 0.3) is 0 Å². The number of guanidine groups is 2. The smallest absolute Gasteiger partial charge is 0.223 e. The minimum Gasteiger partial charge on any atom is -0.455 e. The Morgan fingerprint density at radius 3 is 2.29 bits per heavy atom. The van der Waals surface area contributed by atoms with Crippen LogP contribution in [0.25, 0.3) is 0 Å². The molecule has 0 aromatic heterocycles. The number of hydrogen-bond donors (Lipinski definition) is 3. The van der Waals surface area contributed by atoms with Crippen LogP contribution in [0.3, 0.4) is 0 Å². The molecule has 7 heteroatoms. The molecule has 2 aromatic carbocycles. The molecule has 0 aliphatic carbocycles. The number of para-hydroxylation sites is 2. The molecule has 0 unspecified atom stereocenters. The van der Waals surface area contributed by atoms with E-state index in [9.17, 15) is 4.39 Å². The van der Waals surface area contributed by atoms with Crippen molar-refractivity contribution < 1.29 is 9.13 Å². The van der Waals surface area contributed by atoms with E-state index in [2.05, 4.69) is 9.98 Å². The highest BCUT2D eigenvalue weighted by molar-refractivity contribution is 5.93. The van der Waals surface area contributed by atoms with Crippen molar-refractivity contribution in [2.45, 2.75) is 0 Å². The van der Waals surface area contributed by atoms with Gasteiger partial charge in [-0.2, -0.15) is 4.99 Å². The zero-order valence-electron chi connectivity index (χ0n) is 11.0. The summed E-state index contributed by atoms with van der Waals surface area (Å²) in [5, 5.41) is 0. The van der Waals surface area contributed by atoms with Crippen LogP contribution in [0.1, 0.15) is 0 Å². The maximum Gasteiger partial charge on any atom is 0.223 e. The minimum absolute atomic E-state index is 0.0924. The summed E-state index contributed by atoms with van der Waals surface area (Å²) in [5.41, 5.74) is 16.5. The van der Waals surface area contributed by atoms with Gasteiger partial charge in [0.2, 0.25) is 5.96 Å². The van der Waals surface area contributed by atoms with Gasteiger partial charge in [0.05, 0.1) is 0 Å². The maximum atomic E-state index is 12.9. The number of aliphatic imine (C=N–C) groups is 2. The number of rotatable bonds is 3. The van der Waals surface area contributed by atoms with Gasteiger partial charge in [-0.15, -0.1) is 0 Å². The van der Waals surface area contributed by atoms with Crippen molar-refractivity contribution in [1.29, 1.82) is 0 Å². The Kier molecular flexibility index (Phi) is 4.35. The summed E-state index contributed by atoms with van der Waals surface area (Å²) in [7, 11) is 0. The molecule has 0 fully saturated rings. The standard InChI is InChI=1S/C14H14FN5O/c15-9-5-7-10(8-6-9)21-12-4-2-1-3-11(12)19-14(18)20-13(16)17/h1-8H,(H6,16,17,18,19,20). The Labute approximate surface area is 120 Å². The van der Waals surface area contributed by atoms with Crippen molar-refractivity contribution in [3.8, 4) is 11.5 Å². The van der Waals surface area contributed by atoms with Gasteiger partial charge in [-0.3, -0.25) is 0 Å². The topological polar surface area (TPSA) is 112 Å². The van der Waals surface area contributed by atoms with Crippen LogP contribution in [-0.4, -0.2) is 11.9 Å². The van der Waals surface area contributed by atoms with E-state index in [0.717, 1.165) is 0 Å². The van der Waals surface area contributed by atoms with Gasteiger partial charge >= 0.3 is 0 Å². The van der Waals surface area contributed by atoms with Crippen LogP contribution in [0.5, 0.6) is 11.5 Å². The molecule has 0 amide bonds. The average molecular weight is 287 g/mol. The second-order valence-electron chi connectivity index (χ2n) is 4.03. The Morgan fingerprint density at radius 1 is 0.952 bits per heavy atom. The third-order valence-corrected chi connectivity index (χ3v) is 2.39. The fraction of sp³-hybridized carbons (Fsp3) is 0. The van der Waals surface area contributed by atoms with Gasteiger partial charge in [0.15, 0.2) is 11.7 Å². The van der Waals surface area contributed by atoms with E-state index in [4.69, 9.17) is 21.9 Å². The van der Waals surface area contributed by atoms with E-state index in [1.54, 1.807) is 24.3 Å². The first-order valence-corrected chi connectivity index (χ1v) is 6.01. The number of halogens is 1. The van der Waals surface area contributed by atoms with E-state index >= 15 is 0 Å². The molecule has 6 nitrogen and oxygen atoms in total. The van der Waals surface area contributed by atoms with E-state index in [-0.39, 0.29) is 17.7 Å². The summed E-state index contributed by atoms with van der Waals surface area (Å²) in [5.74, 6) is 0.293. The molecule has 0 saturated carbocycles. The summed E-state index contributed by atoms with van der Waals surface area (Å²) in [6, 6.07) is 12.5. The molecule has 0 radical (unpaired) electrons. The van der Waals surface area contributed by atoms with Gasteiger partial charge in [-0.05, 0) is 36.4 Å². The van der Waals surface area contributed by atoms with Crippen LogP contribution in [0.2, 0.25) is 0 Å². The van der Waals surface area contributed by atoms with Crippen LogP contribution in [-0.2, 0) is 0 Å². The van der Waals surface area contributed by atoms with Crippen molar-refractivity contribution in [2.24, 2.45) is 27.2 Å². The fourth-order valence-electron chi connectivity index (χ4n) is 1.55. The number of nitrogens with zero attached hydrogens (tertiary/aromatic N) is 2. The predicted molar refractivity (Wildman–Crippen MR) is 80.0 cm³/mol. The normalized spacial score (nSPS) is 11.0. The second kappa shape index (κ2) is 6.38. The van der Waals surface area contributed by atoms with Crippen LogP contribution < -0.4 is 21.9 Å². The molecule has 2 aromatic rings. The molecule has 0 heterocycles. The molecule has 0 bridgehead atoms. The quantitative estimate of drug-likeness (QED) is 0.590. The maximum absolute atomic E-state index is 12.9. The number of benzene rings is 2. The molecule has 0 aliphatic rings. The van der Waals surface area contributed by atoms with E-state index in [1.807, 2.05) is 0 Å². The number of ether oxygens (including phenoxy) is 1. The largest absolute Gasteiger partial charge is 0.455 e. The Balaban J connectivity index is 2.29. The zero-order valence-corrected chi connectivity index (χ0v) is 11.0. The molecule has 0 aliphatic heterocycles. The summed E-state index contributed by atoms with van der Waals surface area (Å²) in [6.07, 6.45) is 0. The van der Waals surface area contributed by atoms with Crippen molar-refractivity contribution in [3.05, 3.63) is 54.3 Å². The average Bonchev–Trinajstić information content (AvgIpc) is 2.42.